The second kappa shape index (κ2) is 3.56. The van der Waals surface area contributed by atoms with Crippen LogP contribution >= 0.6 is 0 Å². The first-order valence-electron chi connectivity index (χ1n) is 5.56. The summed E-state index contributed by atoms with van der Waals surface area (Å²) in [5.41, 5.74) is 1.16. The van der Waals surface area contributed by atoms with Crippen molar-refractivity contribution < 1.29 is 14.2 Å². The monoisotopic (exact) mass is 221 g/mol. The molecule has 2 heterocycles. The molecular formula is C12H15NO3. The van der Waals surface area contributed by atoms with E-state index in [9.17, 15) is 0 Å². The van der Waals surface area contributed by atoms with Crippen molar-refractivity contribution in [1.82, 2.24) is 5.32 Å². The summed E-state index contributed by atoms with van der Waals surface area (Å²) in [6.07, 6.45) is 0. The van der Waals surface area contributed by atoms with Gasteiger partial charge in [0.2, 0.25) is 6.79 Å². The Labute approximate surface area is 94.5 Å². The predicted molar refractivity (Wildman–Crippen MR) is 59.1 cm³/mol. The van der Waals surface area contributed by atoms with Gasteiger partial charge in [0.1, 0.15) is 12.4 Å². The van der Waals surface area contributed by atoms with Crippen LogP contribution in [0.2, 0.25) is 0 Å². The van der Waals surface area contributed by atoms with E-state index >= 15 is 0 Å². The van der Waals surface area contributed by atoms with Crippen LogP contribution in [0.4, 0.5) is 0 Å². The first kappa shape index (κ1) is 9.78. The van der Waals surface area contributed by atoms with Crippen molar-refractivity contribution in [2.45, 2.75) is 25.9 Å². The molecule has 1 unspecified atom stereocenters. The van der Waals surface area contributed by atoms with Gasteiger partial charge in [0.05, 0.1) is 6.04 Å². The van der Waals surface area contributed by atoms with Gasteiger partial charge in [-0.1, -0.05) is 13.8 Å². The van der Waals surface area contributed by atoms with Crippen LogP contribution in [0.25, 0.3) is 0 Å². The minimum absolute atomic E-state index is 0.254. The topological polar surface area (TPSA) is 39.7 Å². The third-order valence-corrected chi connectivity index (χ3v) is 2.82. The number of benzene rings is 1. The average molecular weight is 221 g/mol. The van der Waals surface area contributed by atoms with Crippen LogP contribution in [0, 0.1) is 0 Å². The van der Waals surface area contributed by atoms with E-state index in [0.717, 1.165) is 22.8 Å². The van der Waals surface area contributed by atoms with Crippen molar-refractivity contribution >= 4 is 0 Å². The van der Waals surface area contributed by atoms with Crippen LogP contribution < -0.4 is 19.5 Å². The molecule has 0 saturated heterocycles. The van der Waals surface area contributed by atoms with Gasteiger partial charge in [0, 0.05) is 17.7 Å². The highest BCUT2D eigenvalue weighted by Gasteiger charge is 2.28. The SMILES string of the molecule is CC(C)NC1COc2cc3c(cc21)OCO3. The fraction of sp³-hybridized carbons (Fsp3) is 0.500. The Morgan fingerprint density at radius 2 is 1.88 bits per heavy atom. The normalized spacial score (nSPS) is 21.1. The average Bonchev–Trinajstić information content (AvgIpc) is 2.81. The van der Waals surface area contributed by atoms with Crippen LogP contribution in [0.5, 0.6) is 17.2 Å². The van der Waals surface area contributed by atoms with Gasteiger partial charge in [-0.25, -0.2) is 0 Å². The molecule has 0 saturated carbocycles. The third kappa shape index (κ3) is 1.50. The maximum Gasteiger partial charge on any atom is 0.231 e. The number of hydrogen-bond acceptors (Lipinski definition) is 4. The first-order valence-corrected chi connectivity index (χ1v) is 5.56. The van der Waals surface area contributed by atoms with Gasteiger partial charge < -0.3 is 19.5 Å². The van der Waals surface area contributed by atoms with Crippen molar-refractivity contribution in [3.8, 4) is 17.2 Å². The highest BCUT2D eigenvalue weighted by molar-refractivity contribution is 5.54. The molecule has 0 aromatic heterocycles. The number of nitrogens with one attached hydrogen (secondary N) is 1. The maximum absolute atomic E-state index is 5.64. The molecule has 0 aliphatic carbocycles. The van der Waals surface area contributed by atoms with Crippen molar-refractivity contribution in [2.75, 3.05) is 13.4 Å². The molecule has 3 rings (SSSR count). The van der Waals surface area contributed by atoms with Crippen LogP contribution in [-0.4, -0.2) is 19.4 Å². The standard InChI is InChI=1S/C12H15NO3/c1-7(2)13-9-5-14-10-4-12-11(3-8(9)10)15-6-16-12/h3-4,7,9,13H,5-6H2,1-2H3. The van der Waals surface area contributed by atoms with Gasteiger partial charge in [-0.05, 0) is 6.07 Å². The second-order valence-electron chi connectivity index (χ2n) is 4.43. The molecule has 1 atom stereocenters. The first-order chi connectivity index (χ1) is 7.74. The lowest BCUT2D eigenvalue weighted by molar-refractivity contribution is 0.173. The molecule has 0 amide bonds. The van der Waals surface area contributed by atoms with E-state index in [4.69, 9.17) is 14.2 Å². The summed E-state index contributed by atoms with van der Waals surface area (Å²) >= 11 is 0. The molecule has 0 bridgehead atoms. The van der Waals surface area contributed by atoms with Crippen LogP contribution in [0.3, 0.4) is 0 Å². The molecule has 86 valence electrons. The van der Waals surface area contributed by atoms with Gasteiger partial charge in [0.15, 0.2) is 11.5 Å². The Morgan fingerprint density at radius 3 is 2.62 bits per heavy atom. The second-order valence-corrected chi connectivity index (χ2v) is 4.43. The number of ether oxygens (including phenoxy) is 3. The lowest BCUT2D eigenvalue weighted by Crippen LogP contribution is -2.28. The zero-order valence-corrected chi connectivity index (χ0v) is 9.45. The van der Waals surface area contributed by atoms with Crippen molar-refractivity contribution in [3.63, 3.8) is 0 Å². The van der Waals surface area contributed by atoms with Gasteiger partial charge in [-0.15, -0.1) is 0 Å². The molecule has 0 radical (unpaired) electrons. The molecule has 4 heteroatoms. The highest BCUT2D eigenvalue weighted by Crippen LogP contribution is 2.43. The molecule has 2 aliphatic rings. The van der Waals surface area contributed by atoms with Crippen LogP contribution in [0.1, 0.15) is 25.5 Å². The lowest BCUT2D eigenvalue weighted by Gasteiger charge is -2.14. The van der Waals surface area contributed by atoms with Crippen molar-refractivity contribution in [1.29, 1.82) is 0 Å². The van der Waals surface area contributed by atoms with Crippen LogP contribution in [0.15, 0.2) is 12.1 Å². The summed E-state index contributed by atoms with van der Waals surface area (Å²) in [4.78, 5) is 0. The van der Waals surface area contributed by atoms with Gasteiger partial charge in [-0.3, -0.25) is 0 Å². The van der Waals surface area contributed by atoms with E-state index in [-0.39, 0.29) is 6.04 Å². The highest BCUT2D eigenvalue weighted by atomic mass is 16.7. The summed E-state index contributed by atoms with van der Waals surface area (Å²) in [6, 6.07) is 4.62. The summed E-state index contributed by atoms with van der Waals surface area (Å²) < 4.78 is 16.3. The van der Waals surface area contributed by atoms with Crippen LogP contribution in [-0.2, 0) is 0 Å². The summed E-state index contributed by atoms with van der Waals surface area (Å²) in [5.74, 6) is 2.51. The molecule has 0 spiro atoms. The van der Waals surface area contributed by atoms with Gasteiger partial charge in [-0.2, -0.15) is 0 Å². The summed E-state index contributed by atoms with van der Waals surface area (Å²) in [7, 11) is 0. The number of fused-ring (bicyclic) bond motifs is 2. The van der Waals surface area contributed by atoms with E-state index in [1.54, 1.807) is 0 Å². The van der Waals surface area contributed by atoms with E-state index in [2.05, 4.69) is 19.2 Å². The number of hydrogen-bond donors (Lipinski definition) is 1. The minimum Gasteiger partial charge on any atom is -0.491 e. The quantitative estimate of drug-likeness (QED) is 0.827. The molecule has 16 heavy (non-hydrogen) atoms. The Morgan fingerprint density at radius 1 is 1.12 bits per heavy atom. The van der Waals surface area contributed by atoms with Crippen molar-refractivity contribution in [2.24, 2.45) is 0 Å². The molecular weight excluding hydrogens is 206 g/mol. The Bertz CT molecular complexity index is 417. The Kier molecular flexibility index (Phi) is 2.17. The van der Waals surface area contributed by atoms with E-state index in [1.165, 1.54) is 0 Å². The molecule has 4 nitrogen and oxygen atoms in total. The fourth-order valence-corrected chi connectivity index (χ4v) is 2.14. The van der Waals surface area contributed by atoms with E-state index in [1.807, 2.05) is 12.1 Å². The molecule has 0 fully saturated rings. The Hall–Kier alpha value is -1.42. The number of rotatable bonds is 2. The molecule has 1 aromatic rings. The zero-order chi connectivity index (χ0) is 11.1. The lowest BCUT2D eigenvalue weighted by atomic mass is 10.1. The maximum atomic E-state index is 5.64. The summed E-state index contributed by atoms with van der Waals surface area (Å²) in [5, 5.41) is 3.47. The van der Waals surface area contributed by atoms with E-state index in [0.29, 0.717) is 19.4 Å². The van der Waals surface area contributed by atoms with Crippen molar-refractivity contribution in [3.05, 3.63) is 17.7 Å². The third-order valence-electron chi connectivity index (χ3n) is 2.82. The largest absolute Gasteiger partial charge is 0.491 e. The minimum atomic E-state index is 0.254. The molecule has 1 aromatic carbocycles. The summed E-state index contributed by atoms with van der Waals surface area (Å²) in [6.45, 7) is 5.24. The predicted octanol–water partition coefficient (Wildman–Crippen LogP) is 1.85. The van der Waals surface area contributed by atoms with Gasteiger partial charge >= 0.3 is 0 Å². The molecule has 1 N–H and O–H groups in total. The smallest absolute Gasteiger partial charge is 0.231 e. The van der Waals surface area contributed by atoms with Gasteiger partial charge in [0.25, 0.3) is 0 Å². The van der Waals surface area contributed by atoms with E-state index < -0.39 is 0 Å². The zero-order valence-electron chi connectivity index (χ0n) is 9.45. The Balaban J connectivity index is 1.93. The molecule has 2 aliphatic heterocycles. The fourth-order valence-electron chi connectivity index (χ4n) is 2.14.